The molecule has 0 unspecified atom stereocenters. The number of amides is 4. The lowest BCUT2D eigenvalue weighted by Gasteiger charge is -2.40. The fourth-order valence-corrected chi connectivity index (χ4v) is 5.96. The van der Waals surface area contributed by atoms with Gasteiger partial charge < -0.3 is 25.1 Å². The van der Waals surface area contributed by atoms with Crippen LogP contribution in [-0.2, 0) is 15.0 Å². The van der Waals surface area contributed by atoms with Crippen LogP contribution in [0.2, 0.25) is 5.02 Å². The van der Waals surface area contributed by atoms with Gasteiger partial charge in [-0.15, -0.1) is 0 Å². The van der Waals surface area contributed by atoms with Crippen molar-refractivity contribution in [2.24, 2.45) is 0 Å². The van der Waals surface area contributed by atoms with Crippen LogP contribution < -0.4 is 10.2 Å². The topological polar surface area (TPSA) is 110 Å². The quantitative estimate of drug-likeness (QED) is 0.492. The molecule has 1 aromatic rings. The van der Waals surface area contributed by atoms with Crippen LogP contribution in [-0.4, -0.2) is 77.0 Å². The maximum atomic E-state index is 13.9. The van der Waals surface area contributed by atoms with E-state index in [9.17, 15) is 24.3 Å². The lowest BCUT2D eigenvalue weighted by molar-refractivity contribution is -0.124. The smallest absolute Gasteiger partial charge is 0.407 e. The minimum atomic E-state index is -0.990. The molecule has 2 N–H and O–H groups in total. The highest BCUT2D eigenvalue weighted by Crippen LogP contribution is 2.48. The minimum Gasteiger partial charge on any atom is -0.465 e. The minimum absolute atomic E-state index is 0.0518. The maximum absolute atomic E-state index is 13.9. The number of piperidine rings is 1. The van der Waals surface area contributed by atoms with Crippen molar-refractivity contribution < 1.29 is 24.3 Å². The molecule has 4 amide bonds. The molecule has 0 radical (unpaired) electrons. The van der Waals surface area contributed by atoms with Gasteiger partial charge in [-0.05, 0) is 57.2 Å². The number of carboxylic acid groups (broad SMARTS) is 1. The van der Waals surface area contributed by atoms with Crippen LogP contribution in [0.5, 0.6) is 0 Å². The summed E-state index contributed by atoms with van der Waals surface area (Å²) in [5.74, 6) is -0.423. The lowest BCUT2D eigenvalue weighted by Crippen LogP contribution is -2.53. The summed E-state index contributed by atoms with van der Waals surface area (Å²) in [6, 6.07) is 3.01. The number of fused-ring (bicyclic) bond motifs is 1. The Bertz CT molecular complexity index is 1060. The van der Waals surface area contributed by atoms with Gasteiger partial charge in [-0.3, -0.25) is 14.4 Å². The fraction of sp³-hybridized carbons (Fsp3) is 0.630. The molecule has 10 heteroatoms. The second-order valence-corrected chi connectivity index (χ2v) is 10.5. The molecule has 2 aliphatic rings. The molecular formula is C27H39ClN4O5. The number of benzene rings is 1. The van der Waals surface area contributed by atoms with E-state index in [2.05, 4.69) is 5.32 Å². The lowest BCUT2D eigenvalue weighted by atomic mass is 9.76. The summed E-state index contributed by atoms with van der Waals surface area (Å²) in [6.45, 7) is 10.8. The third-order valence-electron chi connectivity index (χ3n) is 7.81. The molecule has 1 saturated heterocycles. The molecule has 2 aliphatic heterocycles. The number of nitrogens with zero attached hydrogens (tertiary/aromatic N) is 3. The van der Waals surface area contributed by atoms with Crippen molar-refractivity contribution in [3.63, 3.8) is 0 Å². The van der Waals surface area contributed by atoms with Gasteiger partial charge in [-0.25, -0.2) is 4.79 Å². The van der Waals surface area contributed by atoms with E-state index < -0.39 is 11.5 Å². The number of rotatable bonds is 9. The summed E-state index contributed by atoms with van der Waals surface area (Å²) in [4.78, 5) is 55.7. The second-order valence-electron chi connectivity index (χ2n) is 10.1. The van der Waals surface area contributed by atoms with Crippen molar-refractivity contribution in [3.8, 4) is 0 Å². The maximum Gasteiger partial charge on any atom is 0.407 e. The Balaban J connectivity index is 2.01. The van der Waals surface area contributed by atoms with Crippen LogP contribution in [0.3, 0.4) is 0 Å². The van der Waals surface area contributed by atoms with Gasteiger partial charge in [0, 0.05) is 44.3 Å². The van der Waals surface area contributed by atoms with E-state index in [-0.39, 0.29) is 41.4 Å². The van der Waals surface area contributed by atoms with E-state index >= 15 is 0 Å². The summed E-state index contributed by atoms with van der Waals surface area (Å²) < 4.78 is 0. The monoisotopic (exact) mass is 534 g/mol. The molecule has 0 saturated carbocycles. The standard InChI is InChI=1S/C27H39ClN4O5/c1-6-23(33)29-11-13-31-22-14-19(21(28)15-20(22)27(7-2,8-3)25(31)35)24(34)32(17(4)5)18-10-9-12-30(16-18)26(36)37/h14-15,17-18H,6-13,16H2,1-5H3,(H,29,33)(H,36,37)/t18-/m1/s1. The van der Waals surface area contributed by atoms with E-state index in [1.54, 1.807) is 28.9 Å². The number of hydrogen-bond acceptors (Lipinski definition) is 4. The van der Waals surface area contributed by atoms with Crippen LogP contribution >= 0.6 is 11.6 Å². The molecule has 3 rings (SSSR count). The van der Waals surface area contributed by atoms with Gasteiger partial charge in [0.1, 0.15) is 0 Å². The van der Waals surface area contributed by atoms with Crippen LogP contribution in [0.4, 0.5) is 10.5 Å². The molecule has 1 aromatic carbocycles. The van der Waals surface area contributed by atoms with Crippen molar-refractivity contribution in [3.05, 3.63) is 28.3 Å². The predicted molar refractivity (Wildman–Crippen MR) is 143 cm³/mol. The number of halogens is 1. The SMILES string of the molecule is CCC(=O)NCCN1C(=O)C(CC)(CC)c2cc(Cl)c(C(=O)N(C(C)C)[C@@H]3CCCN(C(=O)O)C3)cc21. The van der Waals surface area contributed by atoms with Crippen molar-refractivity contribution in [2.45, 2.75) is 84.2 Å². The summed E-state index contributed by atoms with van der Waals surface area (Å²) >= 11 is 6.73. The molecule has 0 spiro atoms. The second kappa shape index (κ2) is 11.7. The zero-order valence-corrected chi connectivity index (χ0v) is 23.2. The van der Waals surface area contributed by atoms with Crippen LogP contribution in [0.25, 0.3) is 0 Å². The largest absolute Gasteiger partial charge is 0.465 e. The first-order valence-electron chi connectivity index (χ1n) is 13.3. The van der Waals surface area contributed by atoms with Gasteiger partial charge >= 0.3 is 6.09 Å². The Morgan fingerprint density at radius 2 is 1.89 bits per heavy atom. The number of likely N-dealkylation sites (tertiary alicyclic amines) is 1. The Kier molecular flexibility index (Phi) is 9.10. The van der Waals surface area contributed by atoms with Crippen molar-refractivity contribution in [1.29, 1.82) is 0 Å². The van der Waals surface area contributed by atoms with Crippen molar-refractivity contribution in [1.82, 2.24) is 15.1 Å². The predicted octanol–water partition coefficient (Wildman–Crippen LogP) is 4.26. The van der Waals surface area contributed by atoms with Gasteiger partial charge in [-0.1, -0.05) is 32.4 Å². The van der Waals surface area contributed by atoms with E-state index in [0.29, 0.717) is 63.0 Å². The van der Waals surface area contributed by atoms with Crippen LogP contribution in [0, 0.1) is 0 Å². The molecule has 0 aromatic heterocycles. The molecule has 0 bridgehead atoms. The first kappa shape index (κ1) is 28.8. The number of nitrogens with one attached hydrogen (secondary N) is 1. The number of hydrogen-bond donors (Lipinski definition) is 2. The number of anilines is 1. The Morgan fingerprint density at radius 3 is 2.46 bits per heavy atom. The normalized spacial score (nSPS) is 18.7. The highest BCUT2D eigenvalue weighted by Gasteiger charge is 2.49. The molecule has 1 fully saturated rings. The molecule has 204 valence electrons. The number of carbonyl (C=O) groups excluding carboxylic acids is 3. The summed E-state index contributed by atoms with van der Waals surface area (Å²) in [5.41, 5.74) is 1.00. The van der Waals surface area contributed by atoms with Gasteiger partial charge in [0.15, 0.2) is 0 Å². The summed E-state index contributed by atoms with van der Waals surface area (Å²) in [5, 5.41) is 12.6. The Labute approximate surface area is 224 Å². The van der Waals surface area contributed by atoms with Crippen molar-refractivity contribution >= 4 is 41.1 Å². The number of carbonyl (C=O) groups is 4. The average molecular weight is 535 g/mol. The summed E-state index contributed by atoms with van der Waals surface area (Å²) in [6.07, 6.45) is 1.91. The summed E-state index contributed by atoms with van der Waals surface area (Å²) in [7, 11) is 0. The zero-order valence-electron chi connectivity index (χ0n) is 22.5. The molecule has 9 nitrogen and oxygen atoms in total. The van der Waals surface area contributed by atoms with Gasteiger partial charge in [0.05, 0.1) is 22.0 Å². The van der Waals surface area contributed by atoms with Crippen LogP contribution in [0.1, 0.15) is 82.6 Å². The van der Waals surface area contributed by atoms with E-state index in [4.69, 9.17) is 11.6 Å². The Morgan fingerprint density at radius 1 is 1.22 bits per heavy atom. The van der Waals surface area contributed by atoms with Gasteiger partial charge in [0.2, 0.25) is 11.8 Å². The third kappa shape index (κ3) is 5.42. The zero-order chi connectivity index (χ0) is 27.5. The van der Waals surface area contributed by atoms with Crippen LogP contribution in [0.15, 0.2) is 12.1 Å². The van der Waals surface area contributed by atoms with Crippen molar-refractivity contribution in [2.75, 3.05) is 31.1 Å². The molecular weight excluding hydrogens is 496 g/mol. The first-order valence-corrected chi connectivity index (χ1v) is 13.6. The van der Waals surface area contributed by atoms with Gasteiger partial charge in [0.25, 0.3) is 5.91 Å². The first-order chi connectivity index (χ1) is 17.5. The highest BCUT2D eigenvalue weighted by molar-refractivity contribution is 6.34. The van der Waals surface area contributed by atoms with Gasteiger partial charge in [-0.2, -0.15) is 0 Å². The van der Waals surface area contributed by atoms with E-state index in [0.717, 1.165) is 5.56 Å². The van der Waals surface area contributed by atoms with E-state index in [1.807, 2.05) is 27.7 Å². The molecule has 37 heavy (non-hydrogen) atoms. The molecule has 1 atom stereocenters. The van der Waals surface area contributed by atoms with E-state index in [1.165, 1.54) is 4.90 Å². The Hall–Kier alpha value is -2.81. The average Bonchev–Trinajstić information content (AvgIpc) is 3.09. The fourth-order valence-electron chi connectivity index (χ4n) is 5.72. The molecule has 2 heterocycles. The molecule has 0 aliphatic carbocycles. The highest BCUT2D eigenvalue weighted by atomic mass is 35.5. The third-order valence-corrected chi connectivity index (χ3v) is 8.13.